The Balaban J connectivity index is 2.61. The van der Waals surface area contributed by atoms with E-state index < -0.39 is 24.1 Å². The summed E-state index contributed by atoms with van der Waals surface area (Å²) in [7, 11) is 0. The van der Waals surface area contributed by atoms with Gasteiger partial charge < -0.3 is 30.8 Å². The number of amides is 4. The Morgan fingerprint density at radius 1 is 0.919 bits per heavy atom. The molecule has 4 N–H and O–H groups in total. The predicted molar refractivity (Wildman–Crippen MR) is 142 cm³/mol. The summed E-state index contributed by atoms with van der Waals surface area (Å²) in [6, 6.07) is 4.74. The van der Waals surface area contributed by atoms with Crippen LogP contribution in [0.15, 0.2) is 24.3 Å². The van der Waals surface area contributed by atoms with E-state index in [1.165, 1.54) is 6.92 Å². The second-order valence-corrected chi connectivity index (χ2v) is 9.50. The summed E-state index contributed by atoms with van der Waals surface area (Å²) < 4.78 is 5.32. The van der Waals surface area contributed by atoms with Crippen molar-refractivity contribution in [1.82, 2.24) is 16.0 Å². The molecule has 4 amide bonds. The van der Waals surface area contributed by atoms with Crippen LogP contribution in [0.2, 0.25) is 0 Å². The third kappa shape index (κ3) is 13.5. The van der Waals surface area contributed by atoms with E-state index in [0.717, 1.165) is 11.3 Å². The van der Waals surface area contributed by atoms with Crippen LogP contribution in [0, 0.1) is 12.8 Å². The van der Waals surface area contributed by atoms with Crippen LogP contribution in [0.5, 0.6) is 0 Å². The van der Waals surface area contributed by atoms with Crippen molar-refractivity contribution in [2.45, 2.75) is 85.2 Å². The molecule has 0 radical (unpaired) electrons. The summed E-state index contributed by atoms with van der Waals surface area (Å²) >= 11 is 0. The summed E-state index contributed by atoms with van der Waals surface area (Å²) in [5.74, 6) is -0.693. The number of carbonyl (C=O) groups excluding carboxylic acids is 5. The molecule has 2 unspecified atom stereocenters. The Morgan fingerprint density at radius 3 is 2.22 bits per heavy atom. The molecule has 37 heavy (non-hydrogen) atoms. The van der Waals surface area contributed by atoms with E-state index in [1.807, 2.05) is 45.0 Å². The molecule has 0 aliphatic rings. The van der Waals surface area contributed by atoms with E-state index in [4.69, 9.17) is 4.74 Å². The molecule has 0 heterocycles. The summed E-state index contributed by atoms with van der Waals surface area (Å²) in [5.41, 5.74) is 1.68. The third-order valence-electron chi connectivity index (χ3n) is 5.57. The number of nitrogens with one attached hydrogen (secondary N) is 4. The van der Waals surface area contributed by atoms with Crippen molar-refractivity contribution < 1.29 is 28.7 Å². The quantitative estimate of drug-likeness (QED) is 0.193. The molecular formula is C27H42N4O6. The second-order valence-electron chi connectivity index (χ2n) is 9.50. The molecule has 1 aromatic rings. The Kier molecular flexibility index (Phi) is 14.6. The number of ether oxygens (including phenoxy) is 1. The topological polar surface area (TPSA) is 143 Å². The number of para-hydroxylation sites is 1. The van der Waals surface area contributed by atoms with Crippen molar-refractivity contribution in [2.75, 3.05) is 18.5 Å². The molecule has 206 valence electrons. The van der Waals surface area contributed by atoms with E-state index in [2.05, 4.69) is 21.3 Å². The maximum atomic E-state index is 12.6. The average molecular weight is 519 g/mol. The highest BCUT2D eigenvalue weighted by molar-refractivity contribution is 5.91. The number of urea groups is 2. The Bertz CT molecular complexity index is 918. The Morgan fingerprint density at radius 2 is 1.59 bits per heavy atom. The van der Waals surface area contributed by atoms with E-state index in [0.29, 0.717) is 25.8 Å². The van der Waals surface area contributed by atoms with Crippen LogP contribution >= 0.6 is 0 Å². The van der Waals surface area contributed by atoms with Gasteiger partial charge in [-0.1, -0.05) is 39.0 Å². The molecule has 1 aromatic carbocycles. The molecule has 0 saturated carbocycles. The lowest BCUT2D eigenvalue weighted by atomic mass is 10.0. The lowest BCUT2D eigenvalue weighted by Gasteiger charge is -2.21. The first-order valence-corrected chi connectivity index (χ1v) is 12.9. The molecule has 2 atom stereocenters. The van der Waals surface area contributed by atoms with E-state index in [-0.39, 0.29) is 49.4 Å². The molecule has 0 aliphatic carbocycles. The number of rotatable bonds is 16. The first kappa shape index (κ1) is 31.6. The van der Waals surface area contributed by atoms with Crippen molar-refractivity contribution in [2.24, 2.45) is 5.92 Å². The fourth-order valence-electron chi connectivity index (χ4n) is 3.42. The molecule has 0 saturated heterocycles. The van der Waals surface area contributed by atoms with Gasteiger partial charge in [-0.15, -0.1) is 0 Å². The smallest absolute Gasteiger partial charge is 0.328 e. The minimum absolute atomic E-state index is 0.0764. The van der Waals surface area contributed by atoms with Crippen LogP contribution in [-0.2, 0) is 19.1 Å². The average Bonchev–Trinajstić information content (AvgIpc) is 2.84. The van der Waals surface area contributed by atoms with Gasteiger partial charge in [0.25, 0.3) is 0 Å². The molecular weight excluding hydrogens is 476 g/mol. The maximum absolute atomic E-state index is 12.6. The molecule has 10 heteroatoms. The van der Waals surface area contributed by atoms with Gasteiger partial charge >= 0.3 is 18.0 Å². The number of ketones is 2. The first-order valence-electron chi connectivity index (χ1n) is 12.9. The zero-order valence-electron chi connectivity index (χ0n) is 22.6. The number of esters is 1. The van der Waals surface area contributed by atoms with Crippen molar-refractivity contribution in [1.29, 1.82) is 0 Å². The van der Waals surface area contributed by atoms with Crippen LogP contribution < -0.4 is 21.3 Å². The van der Waals surface area contributed by atoms with E-state index in [9.17, 15) is 24.0 Å². The number of anilines is 1. The summed E-state index contributed by atoms with van der Waals surface area (Å²) in [4.78, 5) is 60.9. The van der Waals surface area contributed by atoms with Crippen molar-refractivity contribution >= 4 is 35.3 Å². The van der Waals surface area contributed by atoms with Gasteiger partial charge in [0.15, 0.2) is 5.78 Å². The van der Waals surface area contributed by atoms with Crippen LogP contribution in [0.25, 0.3) is 0 Å². The number of unbranched alkanes of at least 4 members (excludes halogenated alkanes) is 1. The lowest BCUT2D eigenvalue weighted by Crippen LogP contribution is -2.51. The molecule has 1 rings (SSSR count). The van der Waals surface area contributed by atoms with Crippen molar-refractivity contribution in [3.8, 4) is 0 Å². The monoisotopic (exact) mass is 518 g/mol. The van der Waals surface area contributed by atoms with Crippen LogP contribution in [0.3, 0.4) is 0 Å². The number of carbonyl (C=O) groups is 5. The van der Waals surface area contributed by atoms with Crippen molar-refractivity contribution in [3.63, 3.8) is 0 Å². The SMILES string of the molecule is CCC(=O)C(CCC(C)=O)NC(=O)NC(CCCCNC(=O)Nc1ccccc1C)C(=O)OCC(C)C. The predicted octanol–water partition coefficient (Wildman–Crippen LogP) is 3.87. The Labute approximate surface area is 219 Å². The summed E-state index contributed by atoms with van der Waals surface area (Å²) in [6.45, 7) is 9.43. The van der Waals surface area contributed by atoms with Gasteiger partial charge in [0.2, 0.25) is 0 Å². The van der Waals surface area contributed by atoms with Crippen molar-refractivity contribution in [3.05, 3.63) is 29.8 Å². The van der Waals surface area contributed by atoms with Crippen LogP contribution in [0.1, 0.15) is 71.8 Å². The molecule has 0 aliphatic heterocycles. The second kappa shape index (κ2) is 17.1. The normalized spacial score (nSPS) is 12.3. The highest BCUT2D eigenvalue weighted by atomic mass is 16.5. The molecule has 0 fully saturated rings. The third-order valence-corrected chi connectivity index (χ3v) is 5.57. The fraction of sp³-hybridized carbons (Fsp3) is 0.593. The molecule has 10 nitrogen and oxygen atoms in total. The fourth-order valence-corrected chi connectivity index (χ4v) is 3.42. The molecule has 0 bridgehead atoms. The number of aryl methyl sites for hydroxylation is 1. The first-order chi connectivity index (χ1) is 17.5. The lowest BCUT2D eigenvalue weighted by molar-refractivity contribution is -0.147. The highest BCUT2D eigenvalue weighted by Crippen LogP contribution is 2.12. The van der Waals surface area contributed by atoms with Gasteiger partial charge in [-0.2, -0.15) is 0 Å². The zero-order chi connectivity index (χ0) is 27.8. The van der Waals surface area contributed by atoms with E-state index >= 15 is 0 Å². The minimum atomic E-state index is -0.912. The largest absolute Gasteiger partial charge is 0.464 e. The summed E-state index contributed by atoms with van der Waals surface area (Å²) in [6.07, 6.45) is 2.00. The van der Waals surface area contributed by atoms with Gasteiger partial charge in [0.05, 0.1) is 12.6 Å². The van der Waals surface area contributed by atoms with Gasteiger partial charge in [-0.05, 0) is 57.1 Å². The van der Waals surface area contributed by atoms with Gasteiger partial charge in [-0.25, -0.2) is 14.4 Å². The van der Waals surface area contributed by atoms with Crippen LogP contribution in [-0.4, -0.2) is 54.8 Å². The Hall–Kier alpha value is -3.43. The molecule has 0 spiro atoms. The van der Waals surface area contributed by atoms with Gasteiger partial charge in [-0.3, -0.25) is 4.79 Å². The minimum Gasteiger partial charge on any atom is -0.464 e. The number of Topliss-reactive ketones (excluding diaryl/α,β-unsaturated/α-hetero) is 2. The maximum Gasteiger partial charge on any atom is 0.328 e. The number of benzene rings is 1. The highest BCUT2D eigenvalue weighted by Gasteiger charge is 2.25. The van der Waals surface area contributed by atoms with Crippen LogP contribution in [0.4, 0.5) is 15.3 Å². The summed E-state index contributed by atoms with van der Waals surface area (Å²) in [5, 5.41) is 10.8. The standard InChI is InChI=1S/C27H42N4O6/c1-6-24(33)22(15-14-20(5)32)30-27(36)31-23(25(34)37-17-18(2)3)13-9-10-16-28-26(35)29-21-12-8-7-11-19(21)4/h7-8,11-12,18,22-23H,6,9-10,13-17H2,1-5H3,(H2,28,29,35)(H2,30,31,36). The number of hydrogen-bond acceptors (Lipinski definition) is 6. The molecule has 0 aromatic heterocycles. The van der Waals surface area contributed by atoms with Gasteiger partial charge in [0, 0.05) is 25.1 Å². The zero-order valence-corrected chi connectivity index (χ0v) is 22.6. The van der Waals surface area contributed by atoms with E-state index in [1.54, 1.807) is 6.92 Å². The number of hydrogen-bond donors (Lipinski definition) is 4. The van der Waals surface area contributed by atoms with Gasteiger partial charge in [0.1, 0.15) is 11.8 Å².